The third kappa shape index (κ3) is 2.94. The van der Waals surface area contributed by atoms with Gasteiger partial charge in [0.15, 0.2) is 0 Å². The summed E-state index contributed by atoms with van der Waals surface area (Å²) < 4.78 is 13.1. The quantitative estimate of drug-likeness (QED) is 0.770. The van der Waals surface area contributed by atoms with Crippen molar-refractivity contribution in [3.63, 3.8) is 0 Å². The summed E-state index contributed by atoms with van der Waals surface area (Å²) in [5, 5.41) is 0. The van der Waals surface area contributed by atoms with E-state index in [1.807, 2.05) is 4.90 Å². The lowest BCUT2D eigenvalue weighted by molar-refractivity contribution is -0.134. The molecule has 4 nitrogen and oxygen atoms in total. The Morgan fingerprint density at radius 1 is 1.35 bits per heavy atom. The molecule has 1 aromatic carbocycles. The maximum atomic E-state index is 13.1. The number of hydrogen-bond donors (Lipinski definition) is 1. The third-order valence-corrected chi connectivity index (χ3v) is 2.92. The van der Waals surface area contributed by atoms with Crippen LogP contribution in [0, 0.1) is 5.82 Å². The number of piperazine rings is 1. The maximum Gasteiger partial charge on any atom is 0.236 e. The van der Waals surface area contributed by atoms with E-state index in [1.165, 1.54) is 12.1 Å². The summed E-state index contributed by atoms with van der Waals surface area (Å²) in [7, 11) is 1.79. The van der Waals surface area contributed by atoms with Crippen LogP contribution in [0.4, 0.5) is 10.1 Å². The van der Waals surface area contributed by atoms with Crippen LogP contribution in [0.3, 0.4) is 0 Å². The van der Waals surface area contributed by atoms with E-state index in [-0.39, 0.29) is 11.7 Å². The average molecular weight is 237 g/mol. The fourth-order valence-electron chi connectivity index (χ4n) is 1.97. The van der Waals surface area contributed by atoms with Gasteiger partial charge in [0, 0.05) is 32.4 Å². The molecule has 1 amide bonds. The van der Waals surface area contributed by atoms with Crippen LogP contribution in [0.15, 0.2) is 18.2 Å². The molecule has 0 aromatic heterocycles. The lowest BCUT2D eigenvalue weighted by Crippen LogP contribution is -2.47. The van der Waals surface area contributed by atoms with E-state index in [4.69, 9.17) is 5.73 Å². The summed E-state index contributed by atoms with van der Waals surface area (Å²) in [6, 6.07) is 4.49. The van der Waals surface area contributed by atoms with Gasteiger partial charge in [-0.05, 0) is 23.8 Å². The predicted molar refractivity (Wildman–Crippen MR) is 63.7 cm³/mol. The monoisotopic (exact) mass is 237 g/mol. The van der Waals surface area contributed by atoms with Crippen LogP contribution in [-0.4, -0.2) is 42.4 Å². The molecule has 1 aromatic rings. The molecule has 2 rings (SSSR count). The van der Waals surface area contributed by atoms with Crippen molar-refractivity contribution in [1.82, 2.24) is 9.80 Å². The Labute approximate surface area is 99.8 Å². The molecule has 1 heterocycles. The summed E-state index contributed by atoms with van der Waals surface area (Å²) in [5.74, 6) is -0.235. The highest BCUT2D eigenvalue weighted by Gasteiger charge is 2.20. The van der Waals surface area contributed by atoms with Crippen LogP contribution < -0.4 is 5.73 Å². The number of anilines is 1. The topological polar surface area (TPSA) is 49.6 Å². The first-order chi connectivity index (χ1) is 8.04. The van der Waals surface area contributed by atoms with Crippen molar-refractivity contribution in [2.45, 2.75) is 6.54 Å². The van der Waals surface area contributed by atoms with E-state index < -0.39 is 0 Å². The lowest BCUT2D eigenvalue weighted by atomic mass is 10.1. The fourth-order valence-corrected chi connectivity index (χ4v) is 1.97. The van der Waals surface area contributed by atoms with Gasteiger partial charge in [0.1, 0.15) is 5.82 Å². The van der Waals surface area contributed by atoms with E-state index in [1.54, 1.807) is 18.0 Å². The third-order valence-electron chi connectivity index (χ3n) is 2.92. The van der Waals surface area contributed by atoms with Crippen molar-refractivity contribution >= 4 is 11.6 Å². The number of halogens is 1. The standard InChI is InChI=1S/C12H16FN3O/c1-15-2-3-16(8-12(15)17)7-9-4-10(13)6-11(14)5-9/h4-6H,2-3,7-8,14H2,1H3. The second-order valence-electron chi connectivity index (χ2n) is 4.42. The zero-order valence-electron chi connectivity index (χ0n) is 9.82. The molecule has 1 fully saturated rings. The van der Waals surface area contributed by atoms with Gasteiger partial charge in [-0.15, -0.1) is 0 Å². The number of carbonyl (C=O) groups excluding carboxylic acids is 1. The highest BCUT2D eigenvalue weighted by Crippen LogP contribution is 2.14. The summed E-state index contributed by atoms with van der Waals surface area (Å²) in [4.78, 5) is 15.2. The maximum absolute atomic E-state index is 13.1. The van der Waals surface area contributed by atoms with Gasteiger partial charge in [-0.1, -0.05) is 0 Å². The zero-order valence-corrected chi connectivity index (χ0v) is 9.82. The Balaban J connectivity index is 2.03. The minimum Gasteiger partial charge on any atom is -0.399 e. The molecular formula is C12H16FN3O. The van der Waals surface area contributed by atoms with E-state index >= 15 is 0 Å². The van der Waals surface area contributed by atoms with E-state index in [0.717, 1.165) is 12.1 Å². The first-order valence-electron chi connectivity index (χ1n) is 5.56. The smallest absolute Gasteiger partial charge is 0.236 e. The van der Waals surface area contributed by atoms with Gasteiger partial charge in [-0.3, -0.25) is 9.69 Å². The van der Waals surface area contributed by atoms with E-state index in [9.17, 15) is 9.18 Å². The lowest BCUT2D eigenvalue weighted by Gasteiger charge is -2.31. The van der Waals surface area contributed by atoms with E-state index in [2.05, 4.69) is 0 Å². The van der Waals surface area contributed by atoms with Gasteiger partial charge in [-0.25, -0.2) is 4.39 Å². The van der Waals surface area contributed by atoms with Crippen LogP contribution in [0.5, 0.6) is 0 Å². The molecule has 5 heteroatoms. The normalized spacial score (nSPS) is 17.5. The van der Waals surface area contributed by atoms with Gasteiger partial charge in [0.2, 0.25) is 5.91 Å². The van der Waals surface area contributed by atoms with Crippen molar-refractivity contribution in [1.29, 1.82) is 0 Å². The largest absolute Gasteiger partial charge is 0.399 e. The van der Waals surface area contributed by atoms with Crippen molar-refractivity contribution in [3.8, 4) is 0 Å². The number of carbonyl (C=O) groups is 1. The van der Waals surface area contributed by atoms with E-state index in [0.29, 0.717) is 25.3 Å². The SMILES string of the molecule is CN1CCN(Cc2cc(N)cc(F)c2)CC1=O. The molecule has 0 radical (unpaired) electrons. The molecule has 0 unspecified atom stereocenters. The molecule has 0 spiro atoms. The first-order valence-corrected chi connectivity index (χ1v) is 5.56. The van der Waals surface area contributed by atoms with Crippen molar-refractivity contribution in [3.05, 3.63) is 29.6 Å². The molecule has 1 saturated heterocycles. The molecule has 1 aliphatic rings. The number of nitrogens with zero attached hydrogens (tertiary/aromatic N) is 2. The number of likely N-dealkylation sites (N-methyl/N-ethyl adjacent to an activating group) is 1. The van der Waals surface area contributed by atoms with Crippen molar-refractivity contribution in [2.75, 3.05) is 32.4 Å². The number of hydrogen-bond acceptors (Lipinski definition) is 3. The molecule has 1 aliphatic heterocycles. The number of nitrogen functional groups attached to an aromatic ring is 1. The minimum atomic E-state index is -0.333. The van der Waals surface area contributed by atoms with Crippen LogP contribution in [0.1, 0.15) is 5.56 Å². The van der Waals surface area contributed by atoms with Crippen LogP contribution in [0.25, 0.3) is 0 Å². The fraction of sp³-hybridized carbons (Fsp3) is 0.417. The van der Waals surface area contributed by atoms with Crippen LogP contribution in [-0.2, 0) is 11.3 Å². The summed E-state index contributed by atoms with van der Waals surface area (Å²) in [6.07, 6.45) is 0. The van der Waals surface area contributed by atoms with Gasteiger partial charge in [-0.2, -0.15) is 0 Å². The Morgan fingerprint density at radius 2 is 2.12 bits per heavy atom. The first kappa shape index (κ1) is 11.9. The molecule has 17 heavy (non-hydrogen) atoms. The van der Waals surface area contributed by atoms with Gasteiger partial charge < -0.3 is 10.6 Å². The second-order valence-corrected chi connectivity index (χ2v) is 4.42. The number of benzene rings is 1. The summed E-state index contributed by atoms with van der Waals surface area (Å²) in [5.41, 5.74) is 6.80. The Hall–Kier alpha value is -1.62. The highest BCUT2D eigenvalue weighted by atomic mass is 19.1. The average Bonchev–Trinajstić information content (AvgIpc) is 2.22. The van der Waals surface area contributed by atoms with Crippen molar-refractivity contribution < 1.29 is 9.18 Å². The number of rotatable bonds is 2. The molecule has 0 bridgehead atoms. The molecule has 92 valence electrons. The predicted octanol–water partition coefficient (Wildman–Crippen LogP) is 0.682. The molecule has 0 atom stereocenters. The molecule has 2 N–H and O–H groups in total. The minimum absolute atomic E-state index is 0.0978. The van der Waals surface area contributed by atoms with Crippen molar-refractivity contribution in [2.24, 2.45) is 0 Å². The number of nitrogens with two attached hydrogens (primary N) is 1. The van der Waals surface area contributed by atoms with Crippen LogP contribution >= 0.6 is 0 Å². The summed E-state index contributed by atoms with van der Waals surface area (Å²) >= 11 is 0. The molecule has 0 aliphatic carbocycles. The van der Waals surface area contributed by atoms with Crippen LogP contribution in [0.2, 0.25) is 0 Å². The zero-order chi connectivity index (χ0) is 12.4. The molecule has 0 saturated carbocycles. The van der Waals surface area contributed by atoms with Gasteiger partial charge in [0.25, 0.3) is 0 Å². The Kier molecular flexibility index (Phi) is 3.28. The Morgan fingerprint density at radius 3 is 2.76 bits per heavy atom. The second kappa shape index (κ2) is 4.71. The molecular weight excluding hydrogens is 221 g/mol. The number of amides is 1. The summed E-state index contributed by atoms with van der Waals surface area (Å²) in [6.45, 7) is 2.46. The van der Waals surface area contributed by atoms with Gasteiger partial charge >= 0.3 is 0 Å². The highest BCUT2D eigenvalue weighted by molar-refractivity contribution is 5.78. The Bertz CT molecular complexity index is 416. The van der Waals surface area contributed by atoms with Gasteiger partial charge in [0.05, 0.1) is 6.54 Å².